The van der Waals surface area contributed by atoms with Crippen LogP contribution in [-0.2, 0) is 9.31 Å². The number of hydrogen-bond donors (Lipinski definition) is 1. The molecule has 0 bridgehead atoms. The second-order valence-corrected chi connectivity index (χ2v) is 7.76. The number of aromatic amines is 1. The van der Waals surface area contributed by atoms with Crippen molar-refractivity contribution < 1.29 is 9.31 Å². The summed E-state index contributed by atoms with van der Waals surface area (Å²) in [6, 6.07) is 14.4. The molecular formula is C20H23BN2O2. The topological polar surface area (TPSA) is 47.1 Å². The fourth-order valence-electron chi connectivity index (χ4n) is 3.10. The molecule has 2 aromatic carbocycles. The highest BCUT2D eigenvalue weighted by atomic mass is 16.7. The van der Waals surface area contributed by atoms with E-state index in [1.165, 1.54) is 0 Å². The zero-order chi connectivity index (χ0) is 17.8. The molecule has 128 valence electrons. The van der Waals surface area contributed by atoms with Gasteiger partial charge in [0.25, 0.3) is 0 Å². The van der Waals surface area contributed by atoms with Crippen LogP contribution >= 0.6 is 0 Å². The summed E-state index contributed by atoms with van der Waals surface area (Å²) in [6.07, 6.45) is 0. The Kier molecular flexibility index (Phi) is 3.57. The third-order valence-corrected chi connectivity index (χ3v) is 5.45. The van der Waals surface area contributed by atoms with Gasteiger partial charge in [0.15, 0.2) is 0 Å². The van der Waals surface area contributed by atoms with Crippen molar-refractivity contribution in [2.45, 2.75) is 45.8 Å². The van der Waals surface area contributed by atoms with Crippen molar-refractivity contribution in [2.75, 3.05) is 0 Å². The molecule has 1 aliphatic rings. The predicted octanol–water partition coefficient (Wildman–Crippen LogP) is 3.84. The molecule has 4 nitrogen and oxygen atoms in total. The van der Waals surface area contributed by atoms with Gasteiger partial charge in [-0.2, -0.15) is 0 Å². The maximum Gasteiger partial charge on any atom is 0.495 e. The Morgan fingerprint density at radius 3 is 2.32 bits per heavy atom. The molecule has 0 unspecified atom stereocenters. The Bertz CT molecular complexity index is 897. The van der Waals surface area contributed by atoms with Crippen LogP contribution < -0.4 is 5.46 Å². The Morgan fingerprint density at radius 2 is 1.64 bits per heavy atom. The molecule has 0 amide bonds. The van der Waals surface area contributed by atoms with Crippen molar-refractivity contribution in [1.82, 2.24) is 9.97 Å². The molecule has 0 spiro atoms. The lowest BCUT2D eigenvalue weighted by Crippen LogP contribution is -2.41. The first-order valence-electron chi connectivity index (χ1n) is 8.68. The van der Waals surface area contributed by atoms with Gasteiger partial charge in [-0.3, -0.25) is 0 Å². The number of fused-ring (bicyclic) bond motifs is 1. The monoisotopic (exact) mass is 334 g/mol. The lowest BCUT2D eigenvalue weighted by molar-refractivity contribution is 0.00578. The van der Waals surface area contributed by atoms with Gasteiger partial charge in [-0.05, 0) is 52.2 Å². The zero-order valence-corrected chi connectivity index (χ0v) is 15.4. The van der Waals surface area contributed by atoms with E-state index >= 15 is 0 Å². The van der Waals surface area contributed by atoms with Gasteiger partial charge in [0.1, 0.15) is 5.82 Å². The van der Waals surface area contributed by atoms with Crippen LogP contribution in [-0.4, -0.2) is 28.3 Å². The van der Waals surface area contributed by atoms with Gasteiger partial charge < -0.3 is 14.3 Å². The molecule has 1 fully saturated rings. The summed E-state index contributed by atoms with van der Waals surface area (Å²) in [4.78, 5) is 8.09. The molecule has 0 atom stereocenters. The van der Waals surface area contributed by atoms with Gasteiger partial charge in [-0.15, -0.1) is 0 Å². The van der Waals surface area contributed by atoms with Crippen LogP contribution in [0, 0.1) is 6.92 Å². The third kappa shape index (κ3) is 2.68. The second kappa shape index (κ2) is 5.45. The van der Waals surface area contributed by atoms with E-state index in [4.69, 9.17) is 14.3 Å². The third-order valence-electron chi connectivity index (χ3n) is 5.45. The molecule has 0 saturated carbocycles. The van der Waals surface area contributed by atoms with Gasteiger partial charge >= 0.3 is 7.12 Å². The smallest absolute Gasteiger partial charge is 0.399 e. The SMILES string of the molecule is Cc1ccc(-c2nc3ccccc3[nH]2)cc1B1OC(C)(C)C(C)(C)O1. The van der Waals surface area contributed by atoms with Crippen LogP contribution in [0.4, 0.5) is 0 Å². The number of para-hydroxylation sites is 2. The number of rotatable bonds is 2. The molecule has 4 rings (SSSR count). The fraction of sp³-hybridized carbons (Fsp3) is 0.350. The second-order valence-electron chi connectivity index (χ2n) is 7.76. The summed E-state index contributed by atoms with van der Waals surface area (Å²) in [7, 11) is -0.366. The first kappa shape index (κ1) is 16.4. The molecule has 0 aliphatic carbocycles. The summed E-state index contributed by atoms with van der Waals surface area (Å²) >= 11 is 0. The number of benzene rings is 2. The van der Waals surface area contributed by atoms with Crippen molar-refractivity contribution >= 4 is 23.6 Å². The van der Waals surface area contributed by atoms with Gasteiger partial charge in [0.2, 0.25) is 0 Å². The minimum atomic E-state index is -0.366. The number of hydrogen-bond acceptors (Lipinski definition) is 3. The molecule has 25 heavy (non-hydrogen) atoms. The molecule has 3 aromatic rings. The lowest BCUT2D eigenvalue weighted by atomic mass is 9.75. The van der Waals surface area contributed by atoms with Crippen molar-refractivity contribution in [3.05, 3.63) is 48.0 Å². The van der Waals surface area contributed by atoms with Gasteiger partial charge in [-0.25, -0.2) is 4.98 Å². The fourth-order valence-corrected chi connectivity index (χ4v) is 3.10. The maximum absolute atomic E-state index is 6.23. The molecular weight excluding hydrogens is 311 g/mol. The summed E-state index contributed by atoms with van der Waals surface area (Å²) in [6.45, 7) is 10.4. The largest absolute Gasteiger partial charge is 0.495 e. The minimum absolute atomic E-state index is 0.348. The van der Waals surface area contributed by atoms with Crippen molar-refractivity contribution in [2.24, 2.45) is 0 Å². The van der Waals surface area contributed by atoms with E-state index in [-0.39, 0.29) is 18.3 Å². The van der Waals surface area contributed by atoms with Gasteiger partial charge in [0, 0.05) is 5.56 Å². The highest BCUT2D eigenvalue weighted by Gasteiger charge is 2.52. The Hall–Kier alpha value is -2.11. The van der Waals surface area contributed by atoms with Crippen molar-refractivity contribution in [1.29, 1.82) is 0 Å². The van der Waals surface area contributed by atoms with Crippen LogP contribution in [0.25, 0.3) is 22.4 Å². The number of aromatic nitrogens is 2. The molecule has 1 aromatic heterocycles. The van der Waals surface area contributed by atoms with Gasteiger partial charge in [-0.1, -0.05) is 35.9 Å². The highest BCUT2D eigenvalue weighted by molar-refractivity contribution is 6.62. The van der Waals surface area contributed by atoms with Crippen LogP contribution in [0.2, 0.25) is 0 Å². The van der Waals surface area contributed by atoms with Crippen molar-refractivity contribution in [3.63, 3.8) is 0 Å². The van der Waals surface area contributed by atoms with E-state index in [0.29, 0.717) is 0 Å². The van der Waals surface area contributed by atoms with E-state index in [9.17, 15) is 0 Å². The van der Waals surface area contributed by atoms with E-state index in [0.717, 1.165) is 33.4 Å². The predicted molar refractivity (Wildman–Crippen MR) is 102 cm³/mol. The van der Waals surface area contributed by atoms with E-state index in [2.05, 4.69) is 57.8 Å². The quantitative estimate of drug-likeness (QED) is 0.725. The first-order chi connectivity index (χ1) is 11.8. The molecule has 0 radical (unpaired) electrons. The van der Waals surface area contributed by atoms with Gasteiger partial charge in [0.05, 0.1) is 22.2 Å². The van der Waals surface area contributed by atoms with E-state index in [1.54, 1.807) is 0 Å². The highest BCUT2D eigenvalue weighted by Crippen LogP contribution is 2.37. The Labute approximate surface area is 148 Å². The standard InChI is InChI=1S/C20H23BN2O2/c1-13-10-11-14(18-22-16-8-6-7-9-17(16)23-18)12-15(13)21-24-19(2,3)20(4,5)25-21/h6-12H,1-5H3,(H,22,23). The Morgan fingerprint density at radius 1 is 0.960 bits per heavy atom. The number of aryl methyl sites for hydroxylation is 1. The van der Waals surface area contributed by atoms with Crippen LogP contribution in [0.5, 0.6) is 0 Å². The van der Waals surface area contributed by atoms with Crippen LogP contribution in [0.3, 0.4) is 0 Å². The van der Waals surface area contributed by atoms with E-state index in [1.807, 2.05) is 24.3 Å². The summed E-state index contributed by atoms with van der Waals surface area (Å²) in [5, 5.41) is 0. The molecule has 2 heterocycles. The molecule has 1 N–H and O–H groups in total. The summed E-state index contributed by atoms with van der Waals surface area (Å²) in [5.74, 6) is 0.860. The van der Waals surface area contributed by atoms with Crippen LogP contribution in [0.15, 0.2) is 42.5 Å². The van der Waals surface area contributed by atoms with Crippen molar-refractivity contribution in [3.8, 4) is 11.4 Å². The number of nitrogens with zero attached hydrogens (tertiary/aromatic N) is 1. The van der Waals surface area contributed by atoms with Crippen LogP contribution in [0.1, 0.15) is 33.3 Å². The average Bonchev–Trinajstić information content (AvgIpc) is 3.06. The summed E-state index contributed by atoms with van der Waals surface area (Å²) < 4.78 is 12.5. The molecule has 5 heteroatoms. The van der Waals surface area contributed by atoms with E-state index < -0.39 is 0 Å². The Balaban J connectivity index is 1.74. The number of imidazole rings is 1. The number of H-pyrrole nitrogens is 1. The normalized spacial score (nSPS) is 18.8. The number of nitrogens with one attached hydrogen (secondary N) is 1. The minimum Gasteiger partial charge on any atom is -0.399 e. The molecule has 1 saturated heterocycles. The zero-order valence-electron chi connectivity index (χ0n) is 15.4. The lowest BCUT2D eigenvalue weighted by Gasteiger charge is -2.32. The first-order valence-corrected chi connectivity index (χ1v) is 8.68. The average molecular weight is 334 g/mol. The summed E-state index contributed by atoms with van der Waals surface area (Å²) in [5.41, 5.74) is 4.55. The maximum atomic E-state index is 6.23. The molecule has 1 aliphatic heterocycles.